The van der Waals surface area contributed by atoms with Crippen LogP contribution in [0.4, 0.5) is 0 Å². The second kappa shape index (κ2) is 4.39. The third kappa shape index (κ3) is 4.23. The zero-order chi connectivity index (χ0) is 9.03. The Bertz CT molecular complexity index is 127. The van der Waals surface area contributed by atoms with Gasteiger partial charge in [0.25, 0.3) is 0 Å². The molecule has 3 heteroatoms. The Balaban J connectivity index is 2.02. The highest BCUT2D eigenvalue weighted by atomic mass is 28.4. The summed E-state index contributed by atoms with van der Waals surface area (Å²) >= 11 is 0. The maximum absolute atomic E-state index is 5.80. The van der Waals surface area contributed by atoms with Gasteiger partial charge in [-0.1, -0.05) is 0 Å². The Kier molecular flexibility index (Phi) is 3.74. The second-order valence-electron chi connectivity index (χ2n) is 4.61. The molecule has 1 unspecified atom stereocenters. The van der Waals surface area contributed by atoms with Crippen molar-refractivity contribution in [2.45, 2.75) is 32.5 Å². The van der Waals surface area contributed by atoms with E-state index in [1.807, 2.05) is 0 Å². The van der Waals surface area contributed by atoms with Crippen molar-refractivity contribution in [3.05, 3.63) is 0 Å². The van der Waals surface area contributed by atoms with Gasteiger partial charge >= 0.3 is 0 Å². The molecular weight excluding hydrogens is 166 g/mol. The van der Waals surface area contributed by atoms with Crippen LogP contribution in [-0.4, -0.2) is 28.0 Å². The molecule has 1 saturated heterocycles. The van der Waals surface area contributed by atoms with Gasteiger partial charge in [0.2, 0.25) is 0 Å². The average Bonchev–Trinajstić information content (AvgIpc) is 2.36. The fraction of sp³-hybridized carbons (Fsp3) is 1.00. The summed E-state index contributed by atoms with van der Waals surface area (Å²) < 4.78 is 5.80. The minimum atomic E-state index is -1.25. The van der Waals surface area contributed by atoms with Crippen LogP contribution >= 0.6 is 0 Å². The van der Waals surface area contributed by atoms with Crippen molar-refractivity contribution in [1.82, 2.24) is 5.32 Å². The fourth-order valence-corrected chi connectivity index (χ4v) is 2.22. The number of nitrogens with one attached hydrogen (secondary N) is 1. The van der Waals surface area contributed by atoms with E-state index in [2.05, 4.69) is 25.0 Å². The summed E-state index contributed by atoms with van der Waals surface area (Å²) in [5.74, 6) is 0.876. The Morgan fingerprint density at radius 1 is 1.42 bits per heavy atom. The summed E-state index contributed by atoms with van der Waals surface area (Å²) in [5.41, 5.74) is 0. The van der Waals surface area contributed by atoms with Gasteiger partial charge < -0.3 is 9.74 Å². The van der Waals surface area contributed by atoms with Gasteiger partial charge in [-0.2, -0.15) is 0 Å². The molecule has 0 aromatic heterocycles. The lowest BCUT2D eigenvalue weighted by Crippen LogP contribution is -2.26. The van der Waals surface area contributed by atoms with Crippen molar-refractivity contribution in [2.24, 2.45) is 5.92 Å². The summed E-state index contributed by atoms with van der Waals surface area (Å²) in [5, 5.41) is 3.38. The first-order valence-corrected chi connectivity index (χ1v) is 8.33. The Morgan fingerprint density at radius 2 is 2.17 bits per heavy atom. The van der Waals surface area contributed by atoms with Gasteiger partial charge in [0, 0.05) is 6.61 Å². The third-order valence-electron chi connectivity index (χ3n) is 2.22. The predicted octanol–water partition coefficient (Wildman–Crippen LogP) is 1.84. The first-order chi connectivity index (χ1) is 5.58. The minimum Gasteiger partial charge on any atom is -0.418 e. The normalized spacial score (nSPS) is 24.8. The van der Waals surface area contributed by atoms with E-state index in [1.54, 1.807) is 0 Å². The van der Waals surface area contributed by atoms with E-state index in [0.717, 1.165) is 12.5 Å². The summed E-state index contributed by atoms with van der Waals surface area (Å²) in [6.45, 7) is 10.1. The van der Waals surface area contributed by atoms with Crippen LogP contribution in [0.25, 0.3) is 0 Å². The van der Waals surface area contributed by atoms with Crippen LogP contribution in [0.5, 0.6) is 0 Å². The number of hydrogen-bond acceptors (Lipinski definition) is 2. The smallest absolute Gasteiger partial charge is 0.183 e. The lowest BCUT2D eigenvalue weighted by molar-refractivity contribution is 0.278. The highest BCUT2D eigenvalue weighted by Crippen LogP contribution is 2.13. The van der Waals surface area contributed by atoms with E-state index in [0.29, 0.717) is 0 Å². The largest absolute Gasteiger partial charge is 0.418 e. The first kappa shape index (κ1) is 10.2. The molecule has 1 heterocycles. The summed E-state index contributed by atoms with van der Waals surface area (Å²) in [4.78, 5) is 0. The molecule has 1 aliphatic heterocycles. The molecule has 0 radical (unpaired) electrons. The molecule has 0 aromatic carbocycles. The first-order valence-electron chi connectivity index (χ1n) is 4.92. The van der Waals surface area contributed by atoms with Crippen molar-refractivity contribution in [2.75, 3.05) is 19.7 Å². The van der Waals surface area contributed by atoms with Crippen molar-refractivity contribution in [3.63, 3.8) is 0 Å². The molecule has 1 atom stereocenters. The minimum absolute atomic E-state index is 0.876. The van der Waals surface area contributed by atoms with Gasteiger partial charge in [-0.3, -0.25) is 0 Å². The van der Waals surface area contributed by atoms with Gasteiger partial charge in [0.1, 0.15) is 0 Å². The summed E-state index contributed by atoms with van der Waals surface area (Å²) in [6.07, 6.45) is 2.59. The third-order valence-corrected chi connectivity index (χ3v) is 3.29. The summed E-state index contributed by atoms with van der Waals surface area (Å²) in [7, 11) is -1.25. The predicted molar refractivity (Wildman–Crippen MR) is 54.9 cm³/mol. The van der Waals surface area contributed by atoms with E-state index in [-0.39, 0.29) is 0 Å². The molecular formula is C9H21NOSi. The molecule has 2 nitrogen and oxygen atoms in total. The van der Waals surface area contributed by atoms with Crippen molar-refractivity contribution < 1.29 is 4.43 Å². The van der Waals surface area contributed by atoms with Crippen LogP contribution in [0.15, 0.2) is 0 Å². The highest BCUT2D eigenvalue weighted by molar-refractivity contribution is 6.69. The molecule has 0 amide bonds. The molecule has 12 heavy (non-hydrogen) atoms. The Morgan fingerprint density at radius 3 is 2.67 bits per heavy atom. The molecule has 1 rings (SSSR count). The van der Waals surface area contributed by atoms with Crippen molar-refractivity contribution in [3.8, 4) is 0 Å². The zero-order valence-corrected chi connectivity index (χ0v) is 9.52. The molecule has 0 spiro atoms. The van der Waals surface area contributed by atoms with E-state index in [1.165, 1.54) is 25.9 Å². The second-order valence-corrected chi connectivity index (χ2v) is 9.12. The topological polar surface area (TPSA) is 21.3 Å². The zero-order valence-electron chi connectivity index (χ0n) is 8.52. The van der Waals surface area contributed by atoms with Crippen LogP contribution in [0.3, 0.4) is 0 Å². The van der Waals surface area contributed by atoms with Crippen LogP contribution in [0.2, 0.25) is 19.6 Å². The summed E-state index contributed by atoms with van der Waals surface area (Å²) in [6, 6.07) is 0. The van der Waals surface area contributed by atoms with Gasteiger partial charge in [-0.05, 0) is 51.5 Å². The van der Waals surface area contributed by atoms with Gasteiger partial charge in [0.05, 0.1) is 0 Å². The van der Waals surface area contributed by atoms with Crippen LogP contribution in [0.1, 0.15) is 12.8 Å². The lowest BCUT2D eigenvalue weighted by Gasteiger charge is -2.18. The molecule has 0 bridgehead atoms. The average molecular weight is 187 g/mol. The monoisotopic (exact) mass is 187 g/mol. The maximum atomic E-state index is 5.80. The Hall–Kier alpha value is 0.137. The van der Waals surface area contributed by atoms with E-state index in [4.69, 9.17) is 4.43 Å². The van der Waals surface area contributed by atoms with E-state index < -0.39 is 8.32 Å². The maximum Gasteiger partial charge on any atom is 0.183 e. The molecule has 0 saturated carbocycles. The van der Waals surface area contributed by atoms with Gasteiger partial charge in [-0.15, -0.1) is 0 Å². The fourth-order valence-electron chi connectivity index (χ4n) is 1.49. The molecule has 0 aromatic rings. The van der Waals surface area contributed by atoms with Gasteiger partial charge in [0.15, 0.2) is 8.32 Å². The molecule has 1 N–H and O–H groups in total. The lowest BCUT2D eigenvalue weighted by atomic mass is 10.1. The highest BCUT2D eigenvalue weighted by Gasteiger charge is 2.17. The Labute approximate surface area is 76.8 Å². The van der Waals surface area contributed by atoms with Crippen LogP contribution < -0.4 is 5.32 Å². The molecule has 1 aliphatic rings. The SMILES string of the molecule is C[Si](C)(C)OCCC1CCNC1. The quantitative estimate of drug-likeness (QED) is 0.678. The number of rotatable bonds is 4. The standard InChI is InChI=1S/C9H21NOSi/c1-12(2,3)11-7-5-9-4-6-10-8-9/h9-10H,4-8H2,1-3H3. The number of hydrogen-bond donors (Lipinski definition) is 1. The van der Waals surface area contributed by atoms with E-state index >= 15 is 0 Å². The molecule has 72 valence electrons. The molecule has 0 aliphatic carbocycles. The van der Waals surface area contributed by atoms with Crippen LogP contribution in [-0.2, 0) is 4.43 Å². The molecule has 1 fully saturated rings. The van der Waals surface area contributed by atoms with Crippen molar-refractivity contribution in [1.29, 1.82) is 0 Å². The van der Waals surface area contributed by atoms with Gasteiger partial charge in [-0.25, -0.2) is 0 Å². The van der Waals surface area contributed by atoms with Crippen LogP contribution in [0, 0.1) is 5.92 Å². The van der Waals surface area contributed by atoms with E-state index in [9.17, 15) is 0 Å². The van der Waals surface area contributed by atoms with Crippen molar-refractivity contribution >= 4 is 8.32 Å².